The van der Waals surface area contributed by atoms with Crippen molar-refractivity contribution in [2.24, 2.45) is 0 Å². The van der Waals surface area contributed by atoms with Gasteiger partial charge in [-0.3, -0.25) is 4.98 Å². The lowest BCUT2D eigenvalue weighted by Crippen LogP contribution is -2.03. The Bertz CT molecular complexity index is 1050. The van der Waals surface area contributed by atoms with Gasteiger partial charge in [-0.2, -0.15) is 0 Å². The van der Waals surface area contributed by atoms with E-state index in [0.717, 1.165) is 34.2 Å². The summed E-state index contributed by atoms with van der Waals surface area (Å²) in [5.74, 6) is 0.790. The number of aromatic amines is 1. The monoisotopic (exact) mass is 411 g/mol. The molecular formula is C21H22ClN5S. The molecule has 0 bridgehead atoms. The molecule has 7 heteroatoms. The Labute approximate surface area is 175 Å². The molecule has 3 aromatic heterocycles. The first kappa shape index (κ1) is 20.2. The molecule has 0 aliphatic rings. The zero-order valence-electron chi connectivity index (χ0n) is 15.7. The summed E-state index contributed by atoms with van der Waals surface area (Å²) in [5, 5.41) is 8.38. The number of aromatic nitrogens is 3. The highest BCUT2D eigenvalue weighted by Crippen LogP contribution is 2.24. The molecule has 1 aromatic carbocycles. The summed E-state index contributed by atoms with van der Waals surface area (Å²) in [5.41, 5.74) is 4.18. The van der Waals surface area contributed by atoms with E-state index >= 15 is 0 Å². The van der Waals surface area contributed by atoms with Crippen LogP contribution < -0.4 is 10.6 Å². The number of halogens is 1. The molecule has 0 atom stereocenters. The quantitative estimate of drug-likeness (QED) is 0.341. The second-order valence-electron chi connectivity index (χ2n) is 6.20. The van der Waals surface area contributed by atoms with Gasteiger partial charge in [-0.1, -0.05) is 17.7 Å². The van der Waals surface area contributed by atoms with Crippen LogP contribution in [0.5, 0.6) is 0 Å². The van der Waals surface area contributed by atoms with Gasteiger partial charge in [-0.25, -0.2) is 4.98 Å². The number of H-pyrrole nitrogens is 1. The largest absolute Gasteiger partial charge is 0.361 e. The Hall–Kier alpha value is -2.54. The van der Waals surface area contributed by atoms with E-state index in [4.69, 9.17) is 11.6 Å². The Morgan fingerprint density at radius 3 is 2.68 bits per heavy atom. The van der Waals surface area contributed by atoms with Gasteiger partial charge in [0.2, 0.25) is 0 Å². The Morgan fingerprint density at radius 2 is 2.04 bits per heavy atom. The molecule has 28 heavy (non-hydrogen) atoms. The number of fused-ring (bicyclic) bond motifs is 1. The number of pyridine rings is 2. The lowest BCUT2D eigenvalue weighted by molar-refractivity contribution is 0.823. The summed E-state index contributed by atoms with van der Waals surface area (Å²) in [6, 6.07) is 13.7. The SMILES string of the molecule is CNCc1c[nH]c2cc(Nc3ccc(Cl)c(C)n3)ccc12.Sc1cccnc1. The van der Waals surface area contributed by atoms with Crippen LogP contribution in [0, 0.1) is 6.92 Å². The number of rotatable bonds is 4. The van der Waals surface area contributed by atoms with Crippen LogP contribution >= 0.6 is 24.2 Å². The fourth-order valence-corrected chi connectivity index (χ4v) is 2.97. The van der Waals surface area contributed by atoms with E-state index in [2.05, 4.69) is 56.4 Å². The first-order chi connectivity index (χ1) is 13.6. The topological polar surface area (TPSA) is 65.6 Å². The summed E-state index contributed by atoms with van der Waals surface area (Å²) in [6.07, 6.45) is 5.46. The lowest BCUT2D eigenvalue weighted by Gasteiger charge is -2.07. The van der Waals surface area contributed by atoms with Gasteiger partial charge >= 0.3 is 0 Å². The zero-order chi connectivity index (χ0) is 19.9. The molecule has 0 aliphatic heterocycles. The molecule has 144 valence electrons. The Balaban J connectivity index is 0.000000271. The molecule has 0 saturated carbocycles. The number of nitrogens with one attached hydrogen (secondary N) is 3. The van der Waals surface area contributed by atoms with Gasteiger partial charge < -0.3 is 15.6 Å². The van der Waals surface area contributed by atoms with Gasteiger partial charge in [0.1, 0.15) is 5.82 Å². The Morgan fingerprint density at radius 1 is 1.18 bits per heavy atom. The molecule has 0 radical (unpaired) electrons. The summed E-state index contributed by atoms with van der Waals surface area (Å²) >= 11 is 10.0. The van der Waals surface area contributed by atoms with Gasteiger partial charge in [-0.15, -0.1) is 12.6 Å². The molecule has 0 saturated heterocycles. The fourth-order valence-electron chi connectivity index (χ4n) is 2.72. The highest BCUT2D eigenvalue weighted by atomic mass is 35.5. The van der Waals surface area contributed by atoms with Crippen molar-refractivity contribution in [2.75, 3.05) is 12.4 Å². The van der Waals surface area contributed by atoms with Gasteiger partial charge in [0.15, 0.2) is 0 Å². The van der Waals surface area contributed by atoms with Gasteiger partial charge in [0.25, 0.3) is 0 Å². The Kier molecular flexibility index (Phi) is 6.92. The molecular weight excluding hydrogens is 390 g/mol. The van der Waals surface area contributed by atoms with Crippen LogP contribution in [-0.4, -0.2) is 22.0 Å². The molecule has 0 unspecified atom stereocenters. The fraction of sp³-hybridized carbons (Fsp3) is 0.143. The smallest absolute Gasteiger partial charge is 0.130 e. The van der Waals surface area contributed by atoms with Crippen molar-refractivity contribution < 1.29 is 0 Å². The van der Waals surface area contributed by atoms with Crippen LogP contribution in [0.1, 0.15) is 11.3 Å². The lowest BCUT2D eigenvalue weighted by atomic mass is 10.1. The van der Waals surface area contributed by atoms with Crippen molar-refractivity contribution in [3.63, 3.8) is 0 Å². The maximum absolute atomic E-state index is 5.99. The third-order valence-electron chi connectivity index (χ3n) is 4.07. The van der Waals surface area contributed by atoms with Crippen molar-refractivity contribution in [3.8, 4) is 0 Å². The maximum Gasteiger partial charge on any atom is 0.130 e. The van der Waals surface area contributed by atoms with Crippen LogP contribution in [-0.2, 0) is 6.54 Å². The molecule has 3 heterocycles. The number of hydrogen-bond acceptors (Lipinski definition) is 5. The minimum absolute atomic E-state index is 0.678. The van der Waals surface area contributed by atoms with Crippen LogP contribution in [0.25, 0.3) is 10.9 Å². The number of aryl methyl sites for hydroxylation is 1. The second-order valence-corrected chi connectivity index (χ2v) is 7.13. The van der Waals surface area contributed by atoms with Crippen molar-refractivity contribution in [2.45, 2.75) is 18.4 Å². The van der Waals surface area contributed by atoms with E-state index in [1.54, 1.807) is 12.4 Å². The first-order valence-electron chi connectivity index (χ1n) is 8.80. The summed E-state index contributed by atoms with van der Waals surface area (Å²) < 4.78 is 0. The van der Waals surface area contributed by atoms with Crippen molar-refractivity contribution in [1.82, 2.24) is 20.3 Å². The van der Waals surface area contributed by atoms with E-state index < -0.39 is 0 Å². The molecule has 5 nitrogen and oxygen atoms in total. The number of anilines is 2. The summed E-state index contributed by atoms with van der Waals surface area (Å²) in [7, 11) is 1.95. The van der Waals surface area contributed by atoms with Crippen molar-refractivity contribution in [1.29, 1.82) is 0 Å². The van der Waals surface area contributed by atoms with Crippen molar-refractivity contribution >= 4 is 46.6 Å². The average molecular weight is 412 g/mol. The predicted molar refractivity (Wildman–Crippen MR) is 120 cm³/mol. The standard InChI is InChI=1S/C16H17ClN4.C5H5NS/c1-10-14(17)5-6-16(20-10)21-12-3-4-13-11(8-18-2)9-19-15(13)7-12;7-5-2-1-3-6-4-5/h3-7,9,18-19H,8H2,1-2H3,(H,20,21);1-4,7H. The molecule has 0 spiro atoms. The molecule has 4 aromatic rings. The van der Waals surface area contributed by atoms with Gasteiger partial charge in [0, 0.05) is 46.6 Å². The molecule has 3 N–H and O–H groups in total. The number of nitrogens with zero attached hydrogens (tertiary/aromatic N) is 2. The second kappa shape index (κ2) is 9.59. The third kappa shape index (κ3) is 5.25. The normalized spacial score (nSPS) is 10.4. The molecule has 0 amide bonds. The molecule has 4 rings (SSSR count). The van der Waals surface area contributed by atoms with E-state index in [9.17, 15) is 0 Å². The number of hydrogen-bond donors (Lipinski definition) is 4. The predicted octanol–water partition coefficient (Wildman–Crippen LogP) is 5.36. The number of thiol groups is 1. The zero-order valence-corrected chi connectivity index (χ0v) is 17.4. The summed E-state index contributed by atoms with van der Waals surface area (Å²) in [4.78, 5) is 12.4. The number of benzene rings is 1. The minimum atomic E-state index is 0.678. The van der Waals surface area contributed by atoms with Crippen LogP contribution in [0.15, 0.2) is 66.0 Å². The van der Waals surface area contributed by atoms with Crippen LogP contribution in [0.2, 0.25) is 5.02 Å². The van der Waals surface area contributed by atoms with Gasteiger partial charge in [-0.05, 0) is 55.9 Å². The first-order valence-corrected chi connectivity index (χ1v) is 9.63. The average Bonchev–Trinajstić information content (AvgIpc) is 3.08. The van der Waals surface area contributed by atoms with E-state index in [-0.39, 0.29) is 0 Å². The minimum Gasteiger partial charge on any atom is -0.361 e. The van der Waals surface area contributed by atoms with Gasteiger partial charge in [0.05, 0.1) is 10.7 Å². The van der Waals surface area contributed by atoms with Crippen LogP contribution in [0.4, 0.5) is 11.5 Å². The summed E-state index contributed by atoms with van der Waals surface area (Å²) in [6.45, 7) is 2.75. The molecule has 0 aliphatic carbocycles. The highest BCUT2D eigenvalue weighted by Gasteiger charge is 2.05. The van der Waals surface area contributed by atoms with Crippen molar-refractivity contribution in [3.05, 3.63) is 77.3 Å². The van der Waals surface area contributed by atoms with E-state index in [1.165, 1.54) is 10.9 Å². The molecule has 0 fully saturated rings. The van der Waals surface area contributed by atoms with E-state index in [1.807, 2.05) is 44.4 Å². The van der Waals surface area contributed by atoms with Crippen LogP contribution in [0.3, 0.4) is 0 Å². The maximum atomic E-state index is 5.99. The van der Waals surface area contributed by atoms with E-state index in [0.29, 0.717) is 5.02 Å². The third-order valence-corrected chi connectivity index (χ3v) is 4.74. The highest BCUT2D eigenvalue weighted by molar-refractivity contribution is 7.80.